The van der Waals surface area contributed by atoms with Crippen LogP contribution in [0.15, 0.2) is 12.4 Å². The molecule has 102 valence electrons. The fourth-order valence-electron chi connectivity index (χ4n) is 2.93. The molecule has 3 rings (SSSR count). The predicted octanol–water partition coefficient (Wildman–Crippen LogP) is 1.98. The molecule has 1 aliphatic rings. The Balaban J connectivity index is 1.67. The molecule has 1 saturated heterocycles. The van der Waals surface area contributed by atoms with Gasteiger partial charge in [-0.2, -0.15) is 5.10 Å². The highest BCUT2D eigenvalue weighted by Gasteiger charge is 2.26. The Hall–Kier alpha value is -1.62. The molecule has 5 nitrogen and oxygen atoms in total. The van der Waals surface area contributed by atoms with E-state index in [0.29, 0.717) is 6.04 Å². The van der Waals surface area contributed by atoms with Crippen molar-refractivity contribution in [2.75, 3.05) is 13.1 Å². The molecule has 0 spiro atoms. The molecule has 1 aliphatic heterocycles. The summed E-state index contributed by atoms with van der Waals surface area (Å²) in [5.74, 6) is 0. The van der Waals surface area contributed by atoms with Crippen molar-refractivity contribution in [3.8, 4) is 0 Å². The molecule has 3 heterocycles. The Morgan fingerprint density at radius 3 is 2.84 bits per heavy atom. The van der Waals surface area contributed by atoms with Crippen molar-refractivity contribution in [2.24, 2.45) is 0 Å². The Labute approximate surface area is 113 Å². The molecule has 5 heteroatoms. The van der Waals surface area contributed by atoms with Crippen LogP contribution in [0.5, 0.6) is 0 Å². The van der Waals surface area contributed by atoms with Crippen molar-refractivity contribution in [2.45, 2.75) is 39.8 Å². The highest BCUT2D eigenvalue weighted by molar-refractivity contribution is 5.10. The summed E-state index contributed by atoms with van der Waals surface area (Å²) in [5, 5.41) is 4.61. The number of aromatic amines is 1. The molecule has 0 amide bonds. The minimum Gasteiger partial charge on any atom is -0.348 e. The zero-order valence-corrected chi connectivity index (χ0v) is 11.8. The van der Waals surface area contributed by atoms with Crippen LogP contribution in [0, 0.1) is 20.8 Å². The van der Waals surface area contributed by atoms with Gasteiger partial charge in [0.05, 0.1) is 23.8 Å². The average Bonchev–Trinajstić information content (AvgIpc) is 3.03. The van der Waals surface area contributed by atoms with Crippen LogP contribution in [0.25, 0.3) is 0 Å². The van der Waals surface area contributed by atoms with E-state index in [1.54, 1.807) is 6.33 Å². The molecule has 2 aromatic heterocycles. The van der Waals surface area contributed by atoms with Crippen molar-refractivity contribution in [3.63, 3.8) is 0 Å². The second kappa shape index (κ2) is 4.81. The van der Waals surface area contributed by atoms with Gasteiger partial charge in [-0.1, -0.05) is 0 Å². The molecule has 0 aromatic carbocycles. The van der Waals surface area contributed by atoms with Gasteiger partial charge in [0.25, 0.3) is 0 Å². The summed E-state index contributed by atoms with van der Waals surface area (Å²) >= 11 is 0. The number of imidazole rings is 1. The molecular formula is C14H21N5. The lowest BCUT2D eigenvalue weighted by atomic mass is 10.2. The largest absolute Gasteiger partial charge is 0.348 e. The maximum absolute atomic E-state index is 4.61. The quantitative estimate of drug-likeness (QED) is 0.917. The Morgan fingerprint density at radius 1 is 1.37 bits per heavy atom. The summed E-state index contributed by atoms with van der Waals surface area (Å²) < 4.78 is 2.19. The summed E-state index contributed by atoms with van der Waals surface area (Å²) in [7, 11) is 0. The van der Waals surface area contributed by atoms with Crippen LogP contribution >= 0.6 is 0 Å². The molecule has 2 aromatic rings. The van der Waals surface area contributed by atoms with E-state index >= 15 is 0 Å². The number of nitrogens with one attached hydrogen (secondary N) is 1. The molecule has 19 heavy (non-hydrogen) atoms. The number of aromatic nitrogens is 4. The van der Waals surface area contributed by atoms with Crippen LogP contribution in [0.1, 0.15) is 35.2 Å². The number of hydrogen-bond acceptors (Lipinski definition) is 3. The fourth-order valence-corrected chi connectivity index (χ4v) is 2.93. The Kier molecular flexibility index (Phi) is 3.14. The topological polar surface area (TPSA) is 49.7 Å². The standard InChI is InChI=1S/C14H21N5/c1-10-6-11(2)19(17-10)13-4-5-18(7-13)8-14-12(3)15-9-16-14/h6,9,13H,4-5,7-8H2,1-3H3,(H,15,16)/t13-/m0/s1. The molecule has 0 saturated carbocycles. The normalized spacial score (nSPS) is 20.3. The van der Waals surface area contributed by atoms with Crippen LogP contribution in [0.3, 0.4) is 0 Å². The molecule has 1 fully saturated rings. The predicted molar refractivity (Wildman–Crippen MR) is 74.0 cm³/mol. The lowest BCUT2D eigenvalue weighted by Gasteiger charge is -2.16. The number of rotatable bonds is 3. The number of H-pyrrole nitrogens is 1. The van der Waals surface area contributed by atoms with Gasteiger partial charge in [-0.05, 0) is 33.3 Å². The van der Waals surface area contributed by atoms with Crippen LogP contribution in [-0.2, 0) is 6.54 Å². The van der Waals surface area contributed by atoms with Crippen LogP contribution < -0.4 is 0 Å². The third-order valence-electron chi connectivity index (χ3n) is 3.95. The van der Waals surface area contributed by atoms with Gasteiger partial charge in [0.1, 0.15) is 0 Å². The zero-order chi connectivity index (χ0) is 13.4. The fraction of sp³-hybridized carbons (Fsp3) is 0.571. The number of hydrogen-bond donors (Lipinski definition) is 1. The number of nitrogens with zero attached hydrogens (tertiary/aromatic N) is 4. The summed E-state index contributed by atoms with van der Waals surface area (Å²) in [6.07, 6.45) is 2.95. The molecule has 0 bridgehead atoms. The first-order valence-electron chi connectivity index (χ1n) is 6.87. The molecular weight excluding hydrogens is 238 g/mol. The number of likely N-dealkylation sites (tertiary alicyclic amines) is 1. The van der Waals surface area contributed by atoms with Gasteiger partial charge in [0.15, 0.2) is 0 Å². The number of aryl methyl sites for hydroxylation is 3. The molecule has 1 atom stereocenters. The SMILES string of the molecule is Cc1cc(C)n([C@H]2CCN(Cc3nc[nH]c3C)C2)n1. The lowest BCUT2D eigenvalue weighted by molar-refractivity contribution is 0.307. The van der Waals surface area contributed by atoms with Crippen LogP contribution in [0.2, 0.25) is 0 Å². The van der Waals surface area contributed by atoms with Crippen LogP contribution in [0.4, 0.5) is 0 Å². The third kappa shape index (κ3) is 2.42. The Morgan fingerprint density at radius 2 is 2.21 bits per heavy atom. The van der Waals surface area contributed by atoms with E-state index in [2.05, 4.69) is 51.5 Å². The monoisotopic (exact) mass is 259 g/mol. The highest BCUT2D eigenvalue weighted by atomic mass is 15.3. The lowest BCUT2D eigenvalue weighted by Crippen LogP contribution is -2.22. The first kappa shape index (κ1) is 12.4. The molecule has 0 radical (unpaired) electrons. The zero-order valence-electron chi connectivity index (χ0n) is 11.8. The Bertz CT molecular complexity index is 568. The smallest absolute Gasteiger partial charge is 0.0925 e. The first-order chi connectivity index (χ1) is 9.13. The molecule has 1 N–H and O–H groups in total. The van der Waals surface area contributed by atoms with E-state index in [1.807, 2.05) is 0 Å². The molecule has 0 unspecified atom stereocenters. The van der Waals surface area contributed by atoms with Gasteiger partial charge in [0.2, 0.25) is 0 Å². The van der Waals surface area contributed by atoms with Gasteiger partial charge in [0, 0.05) is 31.0 Å². The maximum atomic E-state index is 4.61. The van der Waals surface area contributed by atoms with Gasteiger partial charge in [-0.15, -0.1) is 0 Å². The van der Waals surface area contributed by atoms with Crippen molar-refractivity contribution < 1.29 is 0 Å². The van der Waals surface area contributed by atoms with Crippen molar-refractivity contribution in [1.82, 2.24) is 24.6 Å². The van der Waals surface area contributed by atoms with E-state index in [4.69, 9.17) is 0 Å². The van der Waals surface area contributed by atoms with Crippen LogP contribution in [-0.4, -0.2) is 37.7 Å². The summed E-state index contributed by atoms with van der Waals surface area (Å²) in [4.78, 5) is 9.98. The minimum atomic E-state index is 0.507. The second-order valence-electron chi connectivity index (χ2n) is 5.52. The van der Waals surface area contributed by atoms with Gasteiger partial charge < -0.3 is 4.98 Å². The molecule has 0 aliphatic carbocycles. The van der Waals surface area contributed by atoms with E-state index in [0.717, 1.165) is 31.0 Å². The maximum Gasteiger partial charge on any atom is 0.0925 e. The van der Waals surface area contributed by atoms with Crippen molar-refractivity contribution >= 4 is 0 Å². The first-order valence-corrected chi connectivity index (χ1v) is 6.87. The van der Waals surface area contributed by atoms with Gasteiger partial charge in [-0.25, -0.2) is 4.98 Å². The summed E-state index contributed by atoms with van der Waals surface area (Å²) in [6, 6.07) is 2.66. The van der Waals surface area contributed by atoms with E-state index in [9.17, 15) is 0 Å². The summed E-state index contributed by atoms with van der Waals surface area (Å²) in [6.45, 7) is 9.40. The highest BCUT2D eigenvalue weighted by Crippen LogP contribution is 2.24. The van der Waals surface area contributed by atoms with E-state index in [-0.39, 0.29) is 0 Å². The van der Waals surface area contributed by atoms with Crippen molar-refractivity contribution in [1.29, 1.82) is 0 Å². The van der Waals surface area contributed by atoms with Gasteiger partial charge >= 0.3 is 0 Å². The van der Waals surface area contributed by atoms with Gasteiger partial charge in [-0.3, -0.25) is 9.58 Å². The van der Waals surface area contributed by atoms with Crippen molar-refractivity contribution in [3.05, 3.63) is 35.2 Å². The minimum absolute atomic E-state index is 0.507. The third-order valence-corrected chi connectivity index (χ3v) is 3.95. The van der Waals surface area contributed by atoms with E-state index < -0.39 is 0 Å². The van der Waals surface area contributed by atoms with E-state index in [1.165, 1.54) is 17.8 Å². The summed E-state index contributed by atoms with van der Waals surface area (Å²) in [5.41, 5.74) is 4.71. The second-order valence-corrected chi connectivity index (χ2v) is 5.52. The average molecular weight is 259 g/mol.